The average molecular weight is 561 g/mol. The zero-order valence-corrected chi connectivity index (χ0v) is 24.9. The number of thiophene rings is 1. The minimum atomic E-state index is -0.132. The fourth-order valence-corrected chi connectivity index (χ4v) is 6.00. The normalized spacial score (nSPS) is 12.3. The highest BCUT2D eigenvalue weighted by atomic mass is 32.1. The Balaban J connectivity index is 1.19. The first-order valence-electron chi connectivity index (χ1n) is 15.3. The van der Waals surface area contributed by atoms with Crippen LogP contribution in [-0.4, -0.2) is 24.8 Å². The first kappa shape index (κ1) is 30.0. The predicted molar refractivity (Wildman–Crippen MR) is 164 cm³/mol. The maximum atomic E-state index is 13.3. The highest BCUT2D eigenvalue weighted by Crippen LogP contribution is 2.32. The molecule has 214 valence electrons. The lowest BCUT2D eigenvalue weighted by Gasteiger charge is -2.19. The lowest BCUT2D eigenvalue weighted by molar-refractivity contribution is 0.0978. The van der Waals surface area contributed by atoms with Crippen LogP contribution in [0, 0.1) is 0 Å². The van der Waals surface area contributed by atoms with Gasteiger partial charge in [0.1, 0.15) is 11.5 Å². The Morgan fingerprint density at radius 3 is 1.57 bits per heavy atom. The molecule has 0 atom stereocenters. The van der Waals surface area contributed by atoms with Gasteiger partial charge in [0.2, 0.25) is 0 Å². The van der Waals surface area contributed by atoms with Gasteiger partial charge in [0.15, 0.2) is 11.6 Å². The van der Waals surface area contributed by atoms with E-state index in [9.17, 15) is 9.59 Å². The zero-order chi connectivity index (χ0) is 28.0. The molecule has 0 saturated carbocycles. The molecule has 2 aromatic carbocycles. The van der Waals surface area contributed by atoms with Crippen molar-refractivity contribution >= 4 is 22.9 Å². The molecule has 0 saturated heterocycles. The van der Waals surface area contributed by atoms with Gasteiger partial charge in [-0.05, 0) is 90.9 Å². The van der Waals surface area contributed by atoms with Gasteiger partial charge in [0.25, 0.3) is 0 Å². The summed E-state index contributed by atoms with van der Waals surface area (Å²) in [6, 6.07) is 12.7. The quantitative estimate of drug-likeness (QED) is 0.107. The molecule has 0 bridgehead atoms. The summed E-state index contributed by atoms with van der Waals surface area (Å²) in [5.41, 5.74) is 3.13. The predicted octanol–water partition coefficient (Wildman–Crippen LogP) is 9.61. The lowest BCUT2D eigenvalue weighted by atomic mass is 9.84. The summed E-state index contributed by atoms with van der Waals surface area (Å²) in [4.78, 5) is 26.5. The molecular weight excluding hydrogens is 516 g/mol. The molecule has 0 radical (unpaired) electrons. The monoisotopic (exact) mass is 560 g/mol. The second kappa shape index (κ2) is 16.4. The SMILES string of the molecule is CCCCCCCCCCCCOc1ccc2c(c1)C(=O)c1ccc(OCCCCCc3ccsc3)cc1C2=O. The zero-order valence-electron chi connectivity index (χ0n) is 24.1. The van der Waals surface area contributed by atoms with E-state index in [1.54, 1.807) is 41.7 Å². The van der Waals surface area contributed by atoms with Crippen LogP contribution in [0.3, 0.4) is 0 Å². The minimum Gasteiger partial charge on any atom is -0.494 e. The van der Waals surface area contributed by atoms with E-state index < -0.39 is 0 Å². The summed E-state index contributed by atoms with van der Waals surface area (Å²) in [5, 5.41) is 4.32. The van der Waals surface area contributed by atoms with Gasteiger partial charge in [0, 0.05) is 22.3 Å². The van der Waals surface area contributed by atoms with Gasteiger partial charge in [-0.1, -0.05) is 64.7 Å². The van der Waals surface area contributed by atoms with Gasteiger partial charge < -0.3 is 9.47 Å². The molecule has 0 N–H and O–H groups in total. The van der Waals surface area contributed by atoms with Crippen molar-refractivity contribution in [3.8, 4) is 11.5 Å². The molecule has 1 aliphatic carbocycles. The number of hydrogen-bond donors (Lipinski definition) is 0. The van der Waals surface area contributed by atoms with Crippen LogP contribution in [0.4, 0.5) is 0 Å². The Morgan fingerprint density at radius 2 is 1.07 bits per heavy atom. The minimum absolute atomic E-state index is 0.131. The third-order valence-electron chi connectivity index (χ3n) is 7.69. The molecule has 4 nitrogen and oxygen atoms in total. The number of benzene rings is 2. The van der Waals surface area contributed by atoms with Gasteiger partial charge in [-0.15, -0.1) is 0 Å². The smallest absolute Gasteiger partial charge is 0.194 e. The molecule has 1 aromatic heterocycles. The highest BCUT2D eigenvalue weighted by Gasteiger charge is 2.30. The number of hydrogen-bond acceptors (Lipinski definition) is 5. The van der Waals surface area contributed by atoms with E-state index in [0.29, 0.717) is 47.0 Å². The Morgan fingerprint density at radius 1 is 0.575 bits per heavy atom. The van der Waals surface area contributed by atoms with Crippen molar-refractivity contribution in [3.05, 3.63) is 81.0 Å². The van der Waals surface area contributed by atoms with Crippen LogP contribution < -0.4 is 9.47 Å². The van der Waals surface area contributed by atoms with Crippen molar-refractivity contribution in [2.24, 2.45) is 0 Å². The summed E-state index contributed by atoms with van der Waals surface area (Å²) >= 11 is 1.74. The van der Waals surface area contributed by atoms with E-state index in [1.807, 2.05) is 6.07 Å². The Bertz CT molecular complexity index is 1210. The summed E-state index contributed by atoms with van der Waals surface area (Å²) in [5.74, 6) is 1.02. The van der Waals surface area contributed by atoms with Gasteiger partial charge in [-0.2, -0.15) is 11.3 Å². The second-order valence-electron chi connectivity index (χ2n) is 10.9. The van der Waals surface area contributed by atoms with Crippen molar-refractivity contribution < 1.29 is 19.1 Å². The number of rotatable bonds is 19. The number of ether oxygens (including phenoxy) is 2. The number of carbonyl (C=O) groups is 2. The molecule has 1 heterocycles. The van der Waals surface area contributed by atoms with Gasteiger partial charge in [0.05, 0.1) is 13.2 Å². The summed E-state index contributed by atoms with van der Waals surface area (Å²) in [7, 11) is 0. The summed E-state index contributed by atoms with van der Waals surface area (Å²) in [6.45, 7) is 3.48. The maximum Gasteiger partial charge on any atom is 0.194 e. The fourth-order valence-electron chi connectivity index (χ4n) is 5.30. The molecule has 0 amide bonds. The van der Waals surface area contributed by atoms with E-state index in [1.165, 1.54) is 56.9 Å². The van der Waals surface area contributed by atoms with Crippen molar-refractivity contribution in [1.82, 2.24) is 0 Å². The summed E-state index contributed by atoms with van der Waals surface area (Å²) < 4.78 is 11.9. The van der Waals surface area contributed by atoms with E-state index in [2.05, 4.69) is 23.8 Å². The van der Waals surface area contributed by atoms with Crippen LogP contribution in [0.25, 0.3) is 0 Å². The molecule has 1 aliphatic rings. The van der Waals surface area contributed by atoms with Crippen LogP contribution in [0.15, 0.2) is 53.2 Å². The first-order valence-corrected chi connectivity index (χ1v) is 16.3. The largest absolute Gasteiger partial charge is 0.494 e. The van der Waals surface area contributed by atoms with E-state index in [-0.39, 0.29) is 11.6 Å². The number of ketones is 2. The Hall–Kier alpha value is -2.92. The van der Waals surface area contributed by atoms with Crippen LogP contribution in [0.2, 0.25) is 0 Å². The Labute approximate surface area is 244 Å². The first-order chi connectivity index (χ1) is 19.7. The second-order valence-corrected chi connectivity index (χ2v) is 11.7. The maximum absolute atomic E-state index is 13.3. The van der Waals surface area contributed by atoms with Gasteiger partial charge >= 0.3 is 0 Å². The van der Waals surface area contributed by atoms with Crippen LogP contribution in [0.5, 0.6) is 11.5 Å². The van der Waals surface area contributed by atoms with Crippen molar-refractivity contribution in [2.75, 3.05) is 13.2 Å². The lowest BCUT2D eigenvalue weighted by Crippen LogP contribution is -2.21. The molecule has 4 rings (SSSR count). The van der Waals surface area contributed by atoms with Crippen molar-refractivity contribution in [1.29, 1.82) is 0 Å². The van der Waals surface area contributed by atoms with Gasteiger partial charge in [-0.25, -0.2) is 0 Å². The fraction of sp³-hybridized carbons (Fsp3) is 0.486. The average Bonchev–Trinajstić information content (AvgIpc) is 3.50. The molecule has 3 aromatic rings. The molecule has 40 heavy (non-hydrogen) atoms. The molecule has 0 spiro atoms. The molecule has 0 aliphatic heterocycles. The third kappa shape index (κ3) is 8.79. The van der Waals surface area contributed by atoms with E-state index >= 15 is 0 Å². The molecular formula is C35H44O4S. The third-order valence-corrected chi connectivity index (χ3v) is 8.42. The number of unbranched alkanes of at least 4 members (excludes halogenated alkanes) is 11. The Kier molecular flexibility index (Phi) is 12.3. The molecule has 0 fully saturated rings. The molecule has 0 unspecified atom stereocenters. The highest BCUT2D eigenvalue weighted by molar-refractivity contribution is 7.07. The summed E-state index contributed by atoms with van der Waals surface area (Å²) in [6.07, 6.45) is 17.1. The van der Waals surface area contributed by atoms with E-state index in [4.69, 9.17) is 9.47 Å². The number of fused-ring (bicyclic) bond motifs is 2. The number of aryl methyl sites for hydroxylation is 1. The van der Waals surface area contributed by atoms with Gasteiger partial charge in [-0.3, -0.25) is 9.59 Å². The van der Waals surface area contributed by atoms with Crippen LogP contribution in [-0.2, 0) is 6.42 Å². The topological polar surface area (TPSA) is 52.6 Å². The van der Waals surface area contributed by atoms with Crippen molar-refractivity contribution in [2.45, 2.75) is 96.8 Å². The molecule has 5 heteroatoms. The van der Waals surface area contributed by atoms with Crippen LogP contribution >= 0.6 is 11.3 Å². The van der Waals surface area contributed by atoms with E-state index in [0.717, 1.165) is 38.5 Å². The van der Waals surface area contributed by atoms with Crippen LogP contribution in [0.1, 0.15) is 128 Å². The van der Waals surface area contributed by atoms with Crippen molar-refractivity contribution in [3.63, 3.8) is 0 Å². The standard InChI is InChI=1S/C35H44O4S/c1-2-3-4-5-6-7-8-9-10-13-21-38-28-16-18-30-32(24-28)34(36)31-19-17-29(25-33(31)35(30)37)39-22-14-11-12-15-27-20-23-40-26-27/h16-20,23-26H,2-15,21-22H2,1H3. The number of carbonyl (C=O) groups excluding carboxylic acids is 2.